The highest BCUT2D eigenvalue weighted by atomic mass is 16.2. The first-order valence-corrected chi connectivity index (χ1v) is 5.88. The lowest BCUT2D eigenvalue weighted by Crippen LogP contribution is -2.57. The van der Waals surface area contributed by atoms with Gasteiger partial charge >= 0.3 is 0 Å². The molecule has 3 N–H and O–H groups in total. The average molecular weight is 248 g/mol. The van der Waals surface area contributed by atoms with Gasteiger partial charge in [-0.25, -0.2) is 4.98 Å². The third kappa shape index (κ3) is 2.65. The van der Waals surface area contributed by atoms with Crippen LogP contribution in [0.3, 0.4) is 0 Å². The van der Waals surface area contributed by atoms with Gasteiger partial charge in [-0.3, -0.25) is 19.8 Å². The number of pyridine rings is 1. The fraction of sp³-hybridized carbons (Fsp3) is 0.417. The second-order valence-corrected chi connectivity index (χ2v) is 4.33. The molecule has 1 unspecified atom stereocenters. The molecular weight excluding hydrogens is 232 g/mol. The Morgan fingerprint density at radius 3 is 2.89 bits per heavy atom. The van der Waals surface area contributed by atoms with Crippen molar-refractivity contribution in [3.05, 3.63) is 23.9 Å². The van der Waals surface area contributed by atoms with Crippen LogP contribution in [0.4, 0.5) is 5.82 Å². The zero-order chi connectivity index (χ0) is 13.1. The molecule has 2 heterocycles. The Labute approximate surface area is 105 Å². The van der Waals surface area contributed by atoms with Gasteiger partial charge in [0.1, 0.15) is 5.82 Å². The van der Waals surface area contributed by atoms with Crippen molar-refractivity contribution in [1.29, 1.82) is 0 Å². The molecule has 96 valence electrons. The summed E-state index contributed by atoms with van der Waals surface area (Å²) in [5.74, 6) is -0.0245. The highest BCUT2D eigenvalue weighted by molar-refractivity contribution is 6.01. The first-order valence-electron chi connectivity index (χ1n) is 5.88. The van der Waals surface area contributed by atoms with Gasteiger partial charge in [-0.1, -0.05) is 13.0 Å². The molecule has 1 atom stereocenters. The summed E-state index contributed by atoms with van der Waals surface area (Å²) >= 11 is 0. The number of nitrogens with two attached hydrogens (primary N) is 1. The molecule has 0 aliphatic carbocycles. The van der Waals surface area contributed by atoms with Crippen molar-refractivity contribution < 1.29 is 9.59 Å². The molecule has 1 saturated heterocycles. The normalized spacial score (nSPS) is 20.8. The number of imide groups is 1. The van der Waals surface area contributed by atoms with Crippen molar-refractivity contribution in [2.45, 2.75) is 25.9 Å². The van der Waals surface area contributed by atoms with Crippen LogP contribution in [0.1, 0.15) is 18.9 Å². The molecule has 0 bridgehead atoms. The van der Waals surface area contributed by atoms with Crippen molar-refractivity contribution in [2.75, 3.05) is 12.3 Å². The maximum Gasteiger partial charge on any atom is 0.243 e. The number of hydrogen-bond donors (Lipinski definition) is 2. The van der Waals surface area contributed by atoms with E-state index in [2.05, 4.69) is 10.3 Å². The molecule has 1 aliphatic rings. The monoisotopic (exact) mass is 248 g/mol. The van der Waals surface area contributed by atoms with Crippen LogP contribution in [0.2, 0.25) is 0 Å². The van der Waals surface area contributed by atoms with Crippen LogP contribution in [-0.2, 0) is 16.1 Å². The second kappa shape index (κ2) is 5.14. The van der Waals surface area contributed by atoms with Crippen molar-refractivity contribution in [2.24, 2.45) is 0 Å². The minimum atomic E-state index is -0.264. The standard InChI is InChI=1S/C12H16N4O2/c1-2-9-12(18)15-11(17)7-16(9)6-8-3-4-10(13)14-5-8/h3-5,9H,2,6-7H2,1H3,(H2,13,14)(H,15,17,18). The van der Waals surface area contributed by atoms with Crippen LogP contribution in [0, 0.1) is 0 Å². The molecule has 6 nitrogen and oxygen atoms in total. The summed E-state index contributed by atoms with van der Waals surface area (Å²) in [5, 5.41) is 2.35. The molecular formula is C12H16N4O2. The Balaban J connectivity index is 2.12. The number of carbonyl (C=O) groups is 2. The largest absolute Gasteiger partial charge is 0.384 e. The molecule has 1 aromatic rings. The highest BCUT2D eigenvalue weighted by Gasteiger charge is 2.32. The maximum absolute atomic E-state index is 11.7. The van der Waals surface area contributed by atoms with E-state index in [4.69, 9.17) is 5.73 Å². The molecule has 0 spiro atoms. The zero-order valence-corrected chi connectivity index (χ0v) is 10.2. The van der Waals surface area contributed by atoms with E-state index in [1.807, 2.05) is 17.9 Å². The van der Waals surface area contributed by atoms with Crippen molar-refractivity contribution in [3.63, 3.8) is 0 Å². The number of rotatable bonds is 3. The predicted octanol–water partition coefficient (Wildman–Crippen LogP) is -0.0992. The van der Waals surface area contributed by atoms with Gasteiger partial charge in [0.05, 0.1) is 12.6 Å². The summed E-state index contributed by atoms with van der Waals surface area (Å²) in [6, 6.07) is 3.30. The predicted molar refractivity (Wildman–Crippen MR) is 66.3 cm³/mol. The smallest absolute Gasteiger partial charge is 0.243 e. The number of nitrogen functional groups attached to an aromatic ring is 1. The first-order chi connectivity index (χ1) is 8.60. The molecule has 1 aliphatic heterocycles. The second-order valence-electron chi connectivity index (χ2n) is 4.33. The molecule has 0 radical (unpaired) electrons. The number of carbonyl (C=O) groups excluding carboxylic acids is 2. The SMILES string of the molecule is CCC1C(=O)NC(=O)CN1Cc1ccc(N)nc1. The molecule has 2 rings (SSSR count). The van der Waals surface area contributed by atoms with Gasteiger partial charge in [-0.05, 0) is 18.1 Å². The van der Waals surface area contributed by atoms with E-state index in [1.165, 1.54) is 0 Å². The lowest BCUT2D eigenvalue weighted by atomic mass is 10.1. The molecule has 0 aromatic carbocycles. The minimum absolute atomic E-state index is 0.225. The fourth-order valence-corrected chi connectivity index (χ4v) is 2.09. The van der Waals surface area contributed by atoms with Gasteiger partial charge in [0.15, 0.2) is 0 Å². The van der Waals surface area contributed by atoms with Crippen molar-refractivity contribution >= 4 is 17.6 Å². The fourth-order valence-electron chi connectivity index (χ4n) is 2.09. The first kappa shape index (κ1) is 12.5. The Morgan fingerprint density at radius 2 is 2.28 bits per heavy atom. The van der Waals surface area contributed by atoms with E-state index in [0.29, 0.717) is 18.8 Å². The summed E-state index contributed by atoms with van der Waals surface area (Å²) in [5.41, 5.74) is 6.45. The lowest BCUT2D eigenvalue weighted by Gasteiger charge is -2.33. The Bertz CT molecular complexity index is 458. The summed E-state index contributed by atoms with van der Waals surface area (Å²) in [6.07, 6.45) is 2.33. The molecule has 6 heteroatoms. The van der Waals surface area contributed by atoms with Crippen LogP contribution in [-0.4, -0.2) is 34.3 Å². The summed E-state index contributed by atoms with van der Waals surface area (Å²) in [6.45, 7) is 2.67. The van der Waals surface area contributed by atoms with Gasteiger partial charge in [0.25, 0.3) is 0 Å². The Hall–Kier alpha value is -1.95. The van der Waals surface area contributed by atoms with E-state index >= 15 is 0 Å². The van der Waals surface area contributed by atoms with E-state index in [1.54, 1.807) is 12.3 Å². The summed E-state index contributed by atoms with van der Waals surface area (Å²) < 4.78 is 0. The van der Waals surface area contributed by atoms with Crippen LogP contribution in [0.15, 0.2) is 18.3 Å². The molecule has 1 fully saturated rings. The van der Waals surface area contributed by atoms with Gasteiger partial charge < -0.3 is 5.73 Å². The van der Waals surface area contributed by atoms with Crippen LogP contribution >= 0.6 is 0 Å². The molecule has 1 aromatic heterocycles. The number of nitrogens with one attached hydrogen (secondary N) is 1. The number of anilines is 1. The van der Waals surface area contributed by atoms with Gasteiger partial charge in [0.2, 0.25) is 11.8 Å². The highest BCUT2D eigenvalue weighted by Crippen LogP contribution is 2.13. The Kier molecular flexibility index (Phi) is 3.57. The number of hydrogen-bond acceptors (Lipinski definition) is 5. The van der Waals surface area contributed by atoms with Gasteiger partial charge in [-0.2, -0.15) is 0 Å². The number of nitrogens with zero attached hydrogens (tertiary/aromatic N) is 2. The summed E-state index contributed by atoms with van der Waals surface area (Å²) in [4.78, 5) is 28.9. The van der Waals surface area contributed by atoms with E-state index in [0.717, 1.165) is 5.56 Å². The summed E-state index contributed by atoms with van der Waals surface area (Å²) in [7, 11) is 0. The van der Waals surface area contributed by atoms with Crippen LogP contribution in [0.5, 0.6) is 0 Å². The topological polar surface area (TPSA) is 88.3 Å². The minimum Gasteiger partial charge on any atom is -0.384 e. The third-order valence-electron chi connectivity index (χ3n) is 2.97. The van der Waals surface area contributed by atoms with Crippen molar-refractivity contribution in [1.82, 2.24) is 15.2 Å². The molecule has 0 saturated carbocycles. The van der Waals surface area contributed by atoms with E-state index in [9.17, 15) is 9.59 Å². The quantitative estimate of drug-likeness (QED) is 0.729. The van der Waals surface area contributed by atoms with Gasteiger partial charge in [0, 0.05) is 12.7 Å². The van der Waals surface area contributed by atoms with Crippen LogP contribution in [0.25, 0.3) is 0 Å². The number of piperazine rings is 1. The van der Waals surface area contributed by atoms with Crippen LogP contribution < -0.4 is 11.1 Å². The number of amides is 2. The molecule has 2 amide bonds. The Morgan fingerprint density at radius 1 is 1.50 bits per heavy atom. The number of aromatic nitrogens is 1. The van der Waals surface area contributed by atoms with E-state index in [-0.39, 0.29) is 24.4 Å². The zero-order valence-electron chi connectivity index (χ0n) is 10.2. The maximum atomic E-state index is 11.7. The average Bonchev–Trinajstić information content (AvgIpc) is 2.32. The van der Waals surface area contributed by atoms with Crippen molar-refractivity contribution in [3.8, 4) is 0 Å². The lowest BCUT2D eigenvalue weighted by molar-refractivity contribution is -0.140. The molecule has 18 heavy (non-hydrogen) atoms. The van der Waals surface area contributed by atoms with Gasteiger partial charge in [-0.15, -0.1) is 0 Å². The van der Waals surface area contributed by atoms with E-state index < -0.39 is 0 Å². The third-order valence-corrected chi connectivity index (χ3v) is 2.97.